The first-order valence-corrected chi connectivity index (χ1v) is 4.63. The SMILES string of the molecule is CC(=O)N1CCc2cc(Cl)ccc21. The number of hydrogen-bond acceptors (Lipinski definition) is 1. The van der Waals surface area contributed by atoms with E-state index in [2.05, 4.69) is 0 Å². The van der Waals surface area contributed by atoms with Crippen LogP contribution >= 0.6 is 11.6 Å². The molecule has 0 bridgehead atoms. The van der Waals surface area contributed by atoms with Crippen molar-refractivity contribution in [3.63, 3.8) is 0 Å². The summed E-state index contributed by atoms with van der Waals surface area (Å²) in [7, 11) is 0. The maximum atomic E-state index is 11.2. The van der Waals surface area contributed by atoms with Crippen LogP contribution in [0.1, 0.15) is 12.5 Å². The fourth-order valence-electron chi connectivity index (χ4n) is 1.70. The first-order chi connectivity index (χ1) is 6.18. The Bertz CT molecular complexity index is 362. The first-order valence-electron chi connectivity index (χ1n) is 4.25. The number of carbonyl (C=O) groups is 1. The average Bonchev–Trinajstić information content (AvgIpc) is 2.46. The summed E-state index contributed by atoms with van der Waals surface area (Å²) in [5.41, 5.74) is 2.18. The molecule has 2 rings (SSSR count). The van der Waals surface area contributed by atoms with E-state index in [1.807, 2.05) is 18.2 Å². The van der Waals surface area contributed by atoms with Crippen LogP contribution in [0.4, 0.5) is 5.69 Å². The number of fused-ring (bicyclic) bond motifs is 1. The van der Waals surface area contributed by atoms with Gasteiger partial charge in [-0.25, -0.2) is 0 Å². The van der Waals surface area contributed by atoms with Gasteiger partial charge in [-0.15, -0.1) is 0 Å². The van der Waals surface area contributed by atoms with Crippen molar-refractivity contribution in [1.29, 1.82) is 0 Å². The second kappa shape index (κ2) is 3.04. The van der Waals surface area contributed by atoms with Crippen molar-refractivity contribution in [2.24, 2.45) is 0 Å². The van der Waals surface area contributed by atoms with Crippen LogP contribution in [0.25, 0.3) is 0 Å². The van der Waals surface area contributed by atoms with Gasteiger partial charge >= 0.3 is 0 Å². The molecule has 68 valence electrons. The molecule has 1 aromatic carbocycles. The van der Waals surface area contributed by atoms with Crippen LogP contribution in [0, 0.1) is 0 Å². The normalized spacial score (nSPS) is 14.5. The van der Waals surface area contributed by atoms with E-state index in [0.29, 0.717) is 0 Å². The predicted octanol–water partition coefficient (Wildman–Crippen LogP) is 2.25. The molecule has 1 amide bonds. The second-order valence-corrected chi connectivity index (χ2v) is 3.63. The minimum Gasteiger partial charge on any atom is -0.312 e. The minimum atomic E-state index is 0.0982. The Balaban J connectivity index is 2.44. The van der Waals surface area contributed by atoms with Gasteiger partial charge in [0.1, 0.15) is 0 Å². The molecule has 1 heterocycles. The topological polar surface area (TPSA) is 20.3 Å². The van der Waals surface area contributed by atoms with E-state index in [1.54, 1.807) is 11.8 Å². The fraction of sp³-hybridized carbons (Fsp3) is 0.300. The molecule has 1 aromatic rings. The molecular weight excluding hydrogens is 186 g/mol. The largest absolute Gasteiger partial charge is 0.312 e. The molecule has 0 saturated carbocycles. The number of nitrogens with zero attached hydrogens (tertiary/aromatic N) is 1. The molecule has 0 unspecified atom stereocenters. The van der Waals surface area contributed by atoms with Crippen molar-refractivity contribution in [3.05, 3.63) is 28.8 Å². The van der Waals surface area contributed by atoms with Gasteiger partial charge in [-0.05, 0) is 30.2 Å². The molecule has 0 N–H and O–H groups in total. The third-order valence-corrected chi connectivity index (χ3v) is 2.55. The number of hydrogen-bond donors (Lipinski definition) is 0. The van der Waals surface area contributed by atoms with Gasteiger partial charge in [-0.1, -0.05) is 11.6 Å². The van der Waals surface area contributed by atoms with E-state index >= 15 is 0 Å². The summed E-state index contributed by atoms with van der Waals surface area (Å²) in [4.78, 5) is 13.0. The predicted molar refractivity (Wildman–Crippen MR) is 53.2 cm³/mol. The van der Waals surface area contributed by atoms with Crippen molar-refractivity contribution < 1.29 is 4.79 Å². The van der Waals surface area contributed by atoms with Crippen molar-refractivity contribution in [3.8, 4) is 0 Å². The van der Waals surface area contributed by atoms with E-state index in [4.69, 9.17) is 11.6 Å². The lowest BCUT2D eigenvalue weighted by Gasteiger charge is -2.14. The summed E-state index contributed by atoms with van der Waals surface area (Å²) in [6.07, 6.45) is 0.912. The summed E-state index contributed by atoms with van der Waals surface area (Å²) in [5.74, 6) is 0.0982. The molecule has 0 fully saturated rings. The highest BCUT2D eigenvalue weighted by atomic mass is 35.5. The number of rotatable bonds is 0. The summed E-state index contributed by atoms with van der Waals surface area (Å²) in [6.45, 7) is 2.37. The standard InChI is InChI=1S/C10H10ClNO/c1-7(13)12-5-4-8-6-9(11)2-3-10(8)12/h2-3,6H,4-5H2,1H3. The maximum absolute atomic E-state index is 11.2. The van der Waals surface area contributed by atoms with Gasteiger partial charge in [0, 0.05) is 24.2 Å². The van der Waals surface area contributed by atoms with Crippen LogP contribution in [0.5, 0.6) is 0 Å². The Morgan fingerprint density at radius 1 is 1.54 bits per heavy atom. The smallest absolute Gasteiger partial charge is 0.223 e. The zero-order valence-electron chi connectivity index (χ0n) is 7.38. The lowest BCUT2D eigenvalue weighted by molar-refractivity contribution is -0.116. The quantitative estimate of drug-likeness (QED) is 0.622. The Hall–Kier alpha value is -1.02. The highest BCUT2D eigenvalue weighted by Gasteiger charge is 2.21. The third kappa shape index (κ3) is 1.42. The van der Waals surface area contributed by atoms with Gasteiger partial charge < -0.3 is 4.90 Å². The highest BCUT2D eigenvalue weighted by molar-refractivity contribution is 6.30. The molecule has 3 heteroatoms. The highest BCUT2D eigenvalue weighted by Crippen LogP contribution is 2.30. The van der Waals surface area contributed by atoms with Gasteiger partial charge in [0.05, 0.1) is 0 Å². The third-order valence-electron chi connectivity index (χ3n) is 2.32. The molecule has 0 spiro atoms. The van der Waals surface area contributed by atoms with Crippen LogP contribution in [0.3, 0.4) is 0 Å². The molecule has 13 heavy (non-hydrogen) atoms. The van der Waals surface area contributed by atoms with Gasteiger partial charge in [0.25, 0.3) is 0 Å². The number of benzene rings is 1. The number of anilines is 1. The molecule has 0 aromatic heterocycles. The summed E-state index contributed by atoms with van der Waals surface area (Å²) >= 11 is 5.85. The van der Waals surface area contributed by atoms with E-state index in [1.165, 1.54) is 5.56 Å². The first kappa shape index (κ1) is 8.57. The summed E-state index contributed by atoms with van der Waals surface area (Å²) in [6, 6.07) is 5.66. The lowest BCUT2D eigenvalue weighted by Crippen LogP contribution is -2.25. The van der Waals surface area contributed by atoms with Crippen molar-refractivity contribution >= 4 is 23.2 Å². The fourth-order valence-corrected chi connectivity index (χ4v) is 1.89. The van der Waals surface area contributed by atoms with E-state index in [-0.39, 0.29) is 5.91 Å². The monoisotopic (exact) mass is 195 g/mol. The van der Waals surface area contributed by atoms with Crippen LogP contribution in [0.15, 0.2) is 18.2 Å². The Morgan fingerprint density at radius 3 is 3.00 bits per heavy atom. The molecule has 0 atom stereocenters. The zero-order chi connectivity index (χ0) is 9.42. The van der Waals surface area contributed by atoms with Crippen molar-refractivity contribution in [2.75, 3.05) is 11.4 Å². The van der Waals surface area contributed by atoms with Crippen LogP contribution in [0.2, 0.25) is 5.02 Å². The van der Waals surface area contributed by atoms with Crippen LogP contribution in [-0.2, 0) is 11.2 Å². The van der Waals surface area contributed by atoms with Gasteiger partial charge in [-0.3, -0.25) is 4.79 Å². The molecule has 0 aliphatic carbocycles. The average molecular weight is 196 g/mol. The molecule has 1 aliphatic rings. The van der Waals surface area contributed by atoms with E-state index in [9.17, 15) is 4.79 Å². The molecule has 0 radical (unpaired) electrons. The van der Waals surface area contributed by atoms with Crippen LogP contribution < -0.4 is 4.90 Å². The van der Waals surface area contributed by atoms with Crippen molar-refractivity contribution in [2.45, 2.75) is 13.3 Å². The second-order valence-electron chi connectivity index (χ2n) is 3.19. The molecular formula is C10H10ClNO. The number of halogens is 1. The summed E-state index contributed by atoms with van der Waals surface area (Å²) in [5, 5.41) is 0.740. The number of carbonyl (C=O) groups excluding carboxylic acids is 1. The number of amides is 1. The molecule has 1 aliphatic heterocycles. The van der Waals surface area contributed by atoms with E-state index in [0.717, 1.165) is 23.7 Å². The molecule has 0 saturated heterocycles. The Morgan fingerprint density at radius 2 is 2.31 bits per heavy atom. The lowest BCUT2D eigenvalue weighted by atomic mass is 10.2. The van der Waals surface area contributed by atoms with E-state index < -0.39 is 0 Å². The zero-order valence-corrected chi connectivity index (χ0v) is 8.14. The Kier molecular flexibility index (Phi) is 2.00. The van der Waals surface area contributed by atoms with Gasteiger partial charge in [0.2, 0.25) is 5.91 Å². The van der Waals surface area contributed by atoms with Crippen molar-refractivity contribution in [1.82, 2.24) is 0 Å². The molecule has 2 nitrogen and oxygen atoms in total. The Labute approximate surface area is 82.1 Å². The van der Waals surface area contributed by atoms with Gasteiger partial charge in [0.15, 0.2) is 0 Å². The van der Waals surface area contributed by atoms with Gasteiger partial charge in [-0.2, -0.15) is 0 Å². The summed E-state index contributed by atoms with van der Waals surface area (Å²) < 4.78 is 0. The minimum absolute atomic E-state index is 0.0982. The van der Waals surface area contributed by atoms with Crippen LogP contribution in [-0.4, -0.2) is 12.5 Å². The maximum Gasteiger partial charge on any atom is 0.223 e.